The lowest BCUT2D eigenvalue weighted by molar-refractivity contribution is 0.396. The fourth-order valence-corrected chi connectivity index (χ4v) is 2.76. The molecular weight excluding hydrogens is 208 g/mol. The first-order chi connectivity index (χ1) is 7.82. The molecule has 0 bridgehead atoms. The molecular formula is C15H24N2. The maximum absolute atomic E-state index is 4.23. The maximum Gasteiger partial charge on any atom is 0.0303 e. The summed E-state index contributed by atoms with van der Waals surface area (Å²) in [5, 5.41) is 3.62. The zero-order valence-corrected chi connectivity index (χ0v) is 11.6. The van der Waals surface area contributed by atoms with E-state index in [1.165, 1.54) is 5.56 Å². The van der Waals surface area contributed by atoms with Gasteiger partial charge in [0.25, 0.3) is 0 Å². The molecule has 1 aliphatic carbocycles. The Labute approximate surface area is 105 Å². The number of rotatable bonds is 3. The van der Waals surface area contributed by atoms with Gasteiger partial charge in [0.2, 0.25) is 0 Å². The Morgan fingerprint density at radius 2 is 2.06 bits per heavy atom. The minimum absolute atomic E-state index is 0.207. The van der Waals surface area contributed by atoms with E-state index in [0.717, 1.165) is 12.5 Å². The van der Waals surface area contributed by atoms with Crippen molar-refractivity contribution >= 4 is 0 Å². The van der Waals surface area contributed by atoms with E-state index < -0.39 is 0 Å². The molecule has 94 valence electrons. The van der Waals surface area contributed by atoms with Gasteiger partial charge in [0.1, 0.15) is 0 Å². The third-order valence-electron chi connectivity index (χ3n) is 3.95. The van der Waals surface area contributed by atoms with Crippen molar-refractivity contribution < 1.29 is 0 Å². The predicted molar refractivity (Wildman–Crippen MR) is 72.0 cm³/mol. The Morgan fingerprint density at radius 1 is 1.35 bits per heavy atom. The summed E-state index contributed by atoms with van der Waals surface area (Å²) in [7, 11) is 0. The number of pyridine rings is 1. The Bertz CT molecular complexity index is 376. The molecule has 0 radical (unpaired) electrons. The molecule has 2 rings (SSSR count). The Balaban J connectivity index is 2.02. The minimum atomic E-state index is 0.207. The molecule has 0 aromatic carbocycles. The lowest BCUT2D eigenvalue weighted by Crippen LogP contribution is -2.37. The molecule has 2 unspecified atom stereocenters. The van der Waals surface area contributed by atoms with Crippen molar-refractivity contribution in [3.8, 4) is 0 Å². The third kappa shape index (κ3) is 2.68. The summed E-state index contributed by atoms with van der Waals surface area (Å²) in [4.78, 5) is 4.23. The summed E-state index contributed by atoms with van der Waals surface area (Å²) in [6, 6.07) is 4.24. The van der Waals surface area contributed by atoms with Crippen LogP contribution in [0.2, 0.25) is 0 Å². The molecule has 2 heteroatoms. The van der Waals surface area contributed by atoms with Crippen molar-refractivity contribution in [3.05, 3.63) is 30.1 Å². The molecule has 1 aromatic rings. The van der Waals surface area contributed by atoms with E-state index in [1.807, 2.05) is 18.5 Å². The van der Waals surface area contributed by atoms with Gasteiger partial charge in [-0.2, -0.15) is 0 Å². The Kier molecular flexibility index (Phi) is 3.03. The molecule has 1 aromatic heterocycles. The number of aromatic nitrogens is 1. The lowest BCUT2D eigenvalue weighted by Gasteiger charge is -2.21. The molecule has 2 atom stereocenters. The molecule has 1 fully saturated rings. The van der Waals surface area contributed by atoms with Crippen LogP contribution >= 0.6 is 0 Å². The number of hydrogen-bond donors (Lipinski definition) is 1. The first kappa shape index (κ1) is 12.6. The van der Waals surface area contributed by atoms with Crippen LogP contribution in [-0.2, 0) is 0 Å². The maximum atomic E-state index is 4.23. The van der Waals surface area contributed by atoms with Crippen LogP contribution in [0.3, 0.4) is 0 Å². The van der Waals surface area contributed by atoms with Gasteiger partial charge < -0.3 is 5.32 Å². The number of nitrogens with zero attached hydrogens (tertiary/aromatic N) is 1. The average Bonchev–Trinajstić information content (AvgIpc) is 2.78. The summed E-state index contributed by atoms with van der Waals surface area (Å²) in [5.41, 5.74) is 2.00. The Morgan fingerprint density at radius 3 is 2.59 bits per heavy atom. The molecule has 17 heavy (non-hydrogen) atoms. The van der Waals surface area contributed by atoms with E-state index in [0.29, 0.717) is 11.3 Å². The molecule has 2 nitrogen and oxygen atoms in total. The summed E-state index contributed by atoms with van der Waals surface area (Å²) in [6.07, 6.45) is 3.87. The number of hydrogen-bond acceptors (Lipinski definition) is 2. The van der Waals surface area contributed by atoms with E-state index in [1.54, 1.807) is 0 Å². The fraction of sp³-hybridized carbons (Fsp3) is 0.667. The highest BCUT2D eigenvalue weighted by molar-refractivity contribution is 5.29. The van der Waals surface area contributed by atoms with Gasteiger partial charge >= 0.3 is 0 Å². The van der Waals surface area contributed by atoms with Gasteiger partial charge in [-0.05, 0) is 56.2 Å². The van der Waals surface area contributed by atoms with Crippen LogP contribution in [-0.4, -0.2) is 17.1 Å². The first-order valence-corrected chi connectivity index (χ1v) is 6.47. The van der Waals surface area contributed by atoms with Gasteiger partial charge in [0.05, 0.1) is 0 Å². The summed E-state index contributed by atoms with van der Waals surface area (Å²) < 4.78 is 0. The van der Waals surface area contributed by atoms with E-state index in [9.17, 15) is 0 Å². The smallest absolute Gasteiger partial charge is 0.0303 e. The zero-order valence-electron chi connectivity index (χ0n) is 11.6. The predicted octanol–water partition coefficient (Wildman–Crippen LogP) is 3.21. The minimum Gasteiger partial charge on any atom is -0.312 e. The zero-order chi connectivity index (χ0) is 12.7. The first-order valence-electron chi connectivity index (χ1n) is 6.47. The van der Waals surface area contributed by atoms with Gasteiger partial charge in [-0.1, -0.05) is 19.9 Å². The second-order valence-electron chi connectivity index (χ2n) is 6.82. The van der Waals surface area contributed by atoms with E-state index >= 15 is 0 Å². The van der Waals surface area contributed by atoms with Gasteiger partial charge in [-0.25, -0.2) is 0 Å². The van der Waals surface area contributed by atoms with Crippen molar-refractivity contribution in [2.24, 2.45) is 11.3 Å². The SMILES string of the molecule is CC(C)(C)NCC1C(c2cccnc2)C1(C)C. The van der Waals surface area contributed by atoms with Crippen LogP contribution < -0.4 is 5.32 Å². The second kappa shape index (κ2) is 4.09. The summed E-state index contributed by atoms with van der Waals surface area (Å²) in [5.74, 6) is 1.39. The molecule has 1 heterocycles. The normalized spacial score (nSPS) is 26.9. The largest absolute Gasteiger partial charge is 0.312 e. The standard InChI is InChI=1S/C15H24N2/c1-14(2,3)17-10-12-13(15(12,4)5)11-7-6-8-16-9-11/h6-9,12-13,17H,10H2,1-5H3. The molecule has 1 N–H and O–H groups in total. The van der Waals surface area contributed by atoms with Crippen molar-refractivity contribution in [1.29, 1.82) is 0 Å². The van der Waals surface area contributed by atoms with Crippen LogP contribution in [0.4, 0.5) is 0 Å². The van der Waals surface area contributed by atoms with Gasteiger partial charge in [-0.15, -0.1) is 0 Å². The fourth-order valence-electron chi connectivity index (χ4n) is 2.76. The van der Waals surface area contributed by atoms with Crippen LogP contribution in [0.1, 0.15) is 46.1 Å². The van der Waals surface area contributed by atoms with Crippen molar-refractivity contribution in [2.75, 3.05) is 6.54 Å². The second-order valence-corrected chi connectivity index (χ2v) is 6.82. The monoisotopic (exact) mass is 232 g/mol. The van der Waals surface area contributed by atoms with Gasteiger partial charge in [0.15, 0.2) is 0 Å². The highest BCUT2D eigenvalue weighted by atomic mass is 15.0. The van der Waals surface area contributed by atoms with Crippen LogP contribution in [0, 0.1) is 11.3 Å². The molecule has 1 aliphatic rings. The van der Waals surface area contributed by atoms with Crippen LogP contribution in [0.15, 0.2) is 24.5 Å². The molecule has 0 spiro atoms. The quantitative estimate of drug-likeness (QED) is 0.865. The molecule has 1 saturated carbocycles. The summed E-state index contributed by atoms with van der Waals surface area (Å²) in [6.45, 7) is 12.5. The van der Waals surface area contributed by atoms with Gasteiger partial charge in [0, 0.05) is 17.9 Å². The Hall–Kier alpha value is -0.890. The van der Waals surface area contributed by atoms with Crippen molar-refractivity contribution in [1.82, 2.24) is 10.3 Å². The van der Waals surface area contributed by atoms with E-state index in [2.05, 4.69) is 51.0 Å². The van der Waals surface area contributed by atoms with Gasteiger partial charge in [-0.3, -0.25) is 4.98 Å². The van der Waals surface area contributed by atoms with E-state index in [4.69, 9.17) is 0 Å². The van der Waals surface area contributed by atoms with Crippen molar-refractivity contribution in [2.45, 2.75) is 46.1 Å². The third-order valence-corrected chi connectivity index (χ3v) is 3.95. The number of nitrogens with one attached hydrogen (secondary N) is 1. The highest BCUT2D eigenvalue weighted by Gasteiger charge is 2.57. The lowest BCUT2D eigenvalue weighted by atomic mass is 10.0. The van der Waals surface area contributed by atoms with Crippen molar-refractivity contribution in [3.63, 3.8) is 0 Å². The van der Waals surface area contributed by atoms with Crippen LogP contribution in [0.5, 0.6) is 0 Å². The topological polar surface area (TPSA) is 24.9 Å². The van der Waals surface area contributed by atoms with E-state index in [-0.39, 0.29) is 5.54 Å². The average molecular weight is 232 g/mol. The highest BCUT2D eigenvalue weighted by Crippen LogP contribution is 2.63. The summed E-state index contributed by atoms with van der Waals surface area (Å²) >= 11 is 0. The molecule has 0 amide bonds. The molecule has 0 saturated heterocycles. The molecule has 0 aliphatic heterocycles. The van der Waals surface area contributed by atoms with Crippen LogP contribution in [0.25, 0.3) is 0 Å².